The molecule has 100 valence electrons. The highest BCUT2D eigenvalue weighted by molar-refractivity contribution is 6.31. The minimum Gasteiger partial charge on any atom is -0.328 e. The molecule has 1 fully saturated rings. The van der Waals surface area contributed by atoms with Gasteiger partial charge in [-0.3, -0.25) is 0 Å². The highest BCUT2D eigenvalue weighted by Crippen LogP contribution is 2.24. The van der Waals surface area contributed by atoms with E-state index in [4.69, 9.17) is 17.3 Å². The Bertz CT molecular complexity index is 381. The third-order valence-corrected chi connectivity index (χ3v) is 4.16. The zero-order valence-electron chi connectivity index (χ0n) is 11.1. The molecule has 0 bridgehead atoms. The van der Waals surface area contributed by atoms with Gasteiger partial charge in [-0.25, -0.2) is 0 Å². The van der Waals surface area contributed by atoms with Gasteiger partial charge in [0, 0.05) is 24.2 Å². The highest BCUT2D eigenvalue weighted by Gasteiger charge is 2.20. The summed E-state index contributed by atoms with van der Waals surface area (Å²) in [6.45, 7) is 2.05. The van der Waals surface area contributed by atoms with Crippen LogP contribution in [0.15, 0.2) is 24.3 Å². The van der Waals surface area contributed by atoms with Crippen molar-refractivity contribution in [2.75, 3.05) is 13.6 Å². The maximum atomic E-state index is 6.19. The van der Waals surface area contributed by atoms with E-state index in [2.05, 4.69) is 18.0 Å². The first-order chi connectivity index (χ1) is 8.65. The Morgan fingerprint density at radius 2 is 2.11 bits per heavy atom. The number of nitrogens with two attached hydrogens (primary N) is 1. The molecule has 0 saturated heterocycles. The molecular formula is C15H23ClN2. The van der Waals surface area contributed by atoms with Crippen molar-refractivity contribution in [3.05, 3.63) is 34.9 Å². The Morgan fingerprint density at radius 1 is 1.33 bits per heavy atom. The van der Waals surface area contributed by atoms with Gasteiger partial charge in [-0.2, -0.15) is 0 Å². The summed E-state index contributed by atoms with van der Waals surface area (Å²) in [5, 5.41) is 0.865. The third kappa shape index (κ3) is 3.98. The van der Waals surface area contributed by atoms with E-state index in [0.717, 1.165) is 24.0 Å². The van der Waals surface area contributed by atoms with Crippen LogP contribution in [0, 0.1) is 5.92 Å². The number of hydrogen-bond acceptors (Lipinski definition) is 2. The van der Waals surface area contributed by atoms with Gasteiger partial charge in [0.25, 0.3) is 0 Å². The second kappa shape index (κ2) is 6.55. The van der Waals surface area contributed by atoms with E-state index in [9.17, 15) is 0 Å². The van der Waals surface area contributed by atoms with E-state index in [1.807, 2.05) is 18.2 Å². The number of rotatable bonds is 4. The highest BCUT2D eigenvalue weighted by atomic mass is 35.5. The SMILES string of the molecule is CN(Cc1ccccc1Cl)CC1CCCC(N)C1. The van der Waals surface area contributed by atoms with Gasteiger partial charge in [0.1, 0.15) is 0 Å². The second-order valence-electron chi connectivity index (χ2n) is 5.58. The van der Waals surface area contributed by atoms with Crippen molar-refractivity contribution in [2.45, 2.75) is 38.3 Å². The van der Waals surface area contributed by atoms with Crippen molar-refractivity contribution in [1.29, 1.82) is 0 Å². The Balaban J connectivity index is 1.85. The lowest BCUT2D eigenvalue weighted by Crippen LogP contribution is -2.34. The summed E-state index contributed by atoms with van der Waals surface area (Å²) < 4.78 is 0. The van der Waals surface area contributed by atoms with Crippen molar-refractivity contribution in [2.24, 2.45) is 11.7 Å². The zero-order chi connectivity index (χ0) is 13.0. The lowest BCUT2D eigenvalue weighted by atomic mass is 9.86. The molecule has 0 radical (unpaired) electrons. The summed E-state index contributed by atoms with van der Waals surface area (Å²) in [6, 6.07) is 8.50. The fourth-order valence-electron chi connectivity index (χ4n) is 2.92. The average Bonchev–Trinajstić information content (AvgIpc) is 2.32. The van der Waals surface area contributed by atoms with Crippen LogP contribution in [0.4, 0.5) is 0 Å². The van der Waals surface area contributed by atoms with Crippen molar-refractivity contribution in [3.63, 3.8) is 0 Å². The van der Waals surface area contributed by atoms with E-state index in [1.165, 1.54) is 31.2 Å². The Hall–Kier alpha value is -0.570. The Morgan fingerprint density at radius 3 is 2.83 bits per heavy atom. The van der Waals surface area contributed by atoms with Crippen LogP contribution >= 0.6 is 11.6 Å². The predicted octanol–water partition coefficient (Wildman–Crippen LogP) is 3.29. The summed E-state index contributed by atoms with van der Waals surface area (Å²) in [5.74, 6) is 0.751. The molecule has 1 aromatic carbocycles. The van der Waals surface area contributed by atoms with Crippen LogP contribution in [-0.4, -0.2) is 24.5 Å². The molecular weight excluding hydrogens is 244 g/mol. The summed E-state index contributed by atoms with van der Waals surface area (Å²) in [5.41, 5.74) is 7.25. The van der Waals surface area contributed by atoms with Crippen LogP contribution in [0.5, 0.6) is 0 Å². The predicted molar refractivity (Wildman–Crippen MR) is 77.7 cm³/mol. The lowest BCUT2D eigenvalue weighted by molar-refractivity contribution is 0.216. The Labute approximate surface area is 115 Å². The fourth-order valence-corrected chi connectivity index (χ4v) is 3.12. The summed E-state index contributed by atoms with van der Waals surface area (Å²) in [7, 11) is 2.17. The summed E-state index contributed by atoms with van der Waals surface area (Å²) in [4.78, 5) is 2.37. The van der Waals surface area contributed by atoms with Crippen LogP contribution in [0.3, 0.4) is 0 Å². The first-order valence-corrected chi connectivity index (χ1v) is 7.20. The van der Waals surface area contributed by atoms with E-state index in [1.54, 1.807) is 0 Å². The second-order valence-corrected chi connectivity index (χ2v) is 5.99. The average molecular weight is 267 g/mol. The smallest absolute Gasteiger partial charge is 0.0451 e. The van der Waals surface area contributed by atoms with Crippen LogP contribution in [0.25, 0.3) is 0 Å². The lowest BCUT2D eigenvalue weighted by Gasteiger charge is -2.30. The first-order valence-electron chi connectivity index (χ1n) is 6.82. The molecule has 1 saturated carbocycles. The molecule has 2 N–H and O–H groups in total. The summed E-state index contributed by atoms with van der Waals surface area (Å²) >= 11 is 6.19. The summed E-state index contributed by atoms with van der Waals surface area (Å²) in [6.07, 6.45) is 4.98. The fraction of sp³-hybridized carbons (Fsp3) is 0.600. The number of hydrogen-bond donors (Lipinski definition) is 1. The van der Waals surface area contributed by atoms with Crippen LogP contribution < -0.4 is 5.73 Å². The molecule has 2 rings (SSSR count). The van der Waals surface area contributed by atoms with Gasteiger partial charge in [-0.15, -0.1) is 0 Å². The molecule has 2 unspecified atom stereocenters. The molecule has 2 atom stereocenters. The van der Waals surface area contributed by atoms with Gasteiger partial charge >= 0.3 is 0 Å². The molecule has 1 aromatic rings. The van der Waals surface area contributed by atoms with E-state index < -0.39 is 0 Å². The van der Waals surface area contributed by atoms with Gasteiger partial charge < -0.3 is 10.6 Å². The minimum absolute atomic E-state index is 0.414. The van der Waals surface area contributed by atoms with E-state index >= 15 is 0 Å². The maximum absolute atomic E-state index is 6.19. The zero-order valence-corrected chi connectivity index (χ0v) is 11.9. The molecule has 18 heavy (non-hydrogen) atoms. The van der Waals surface area contributed by atoms with Crippen LogP contribution in [-0.2, 0) is 6.54 Å². The minimum atomic E-state index is 0.414. The van der Waals surface area contributed by atoms with Gasteiger partial charge in [-0.1, -0.05) is 36.2 Å². The molecule has 0 spiro atoms. The Kier molecular flexibility index (Phi) is 5.04. The molecule has 0 aliphatic heterocycles. The van der Waals surface area contributed by atoms with E-state index in [-0.39, 0.29) is 0 Å². The molecule has 1 aliphatic rings. The van der Waals surface area contributed by atoms with Gasteiger partial charge in [0.2, 0.25) is 0 Å². The van der Waals surface area contributed by atoms with Crippen molar-refractivity contribution >= 4 is 11.6 Å². The van der Waals surface area contributed by atoms with Crippen molar-refractivity contribution in [1.82, 2.24) is 4.90 Å². The molecule has 3 heteroatoms. The molecule has 0 amide bonds. The monoisotopic (exact) mass is 266 g/mol. The molecule has 0 aromatic heterocycles. The van der Waals surface area contributed by atoms with Gasteiger partial charge in [-0.05, 0) is 43.9 Å². The van der Waals surface area contributed by atoms with Crippen LogP contribution in [0.2, 0.25) is 5.02 Å². The molecule has 1 aliphatic carbocycles. The molecule has 0 heterocycles. The van der Waals surface area contributed by atoms with Crippen molar-refractivity contribution < 1.29 is 0 Å². The quantitative estimate of drug-likeness (QED) is 0.906. The maximum Gasteiger partial charge on any atom is 0.0451 e. The van der Waals surface area contributed by atoms with Crippen molar-refractivity contribution in [3.8, 4) is 0 Å². The van der Waals surface area contributed by atoms with E-state index in [0.29, 0.717) is 6.04 Å². The largest absolute Gasteiger partial charge is 0.328 e. The number of nitrogens with zero attached hydrogens (tertiary/aromatic N) is 1. The van der Waals surface area contributed by atoms with Gasteiger partial charge in [0.05, 0.1) is 0 Å². The van der Waals surface area contributed by atoms with Gasteiger partial charge in [0.15, 0.2) is 0 Å². The topological polar surface area (TPSA) is 29.3 Å². The standard InChI is InChI=1S/C15H23ClN2/c1-18(10-12-5-4-7-14(17)9-12)11-13-6-2-3-8-15(13)16/h2-3,6,8,12,14H,4-5,7,9-11,17H2,1H3. The normalized spacial score (nSPS) is 24.4. The van der Waals surface area contributed by atoms with Crippen LogP contribution in [0.1, 0.15) is 31.2 Å². The number of halogens is 1. The molecule has 2 nitrogen and oxygen atoms in total. The first kappa shape index (κ1) is 13.9. The third-order valence-electron chi connectivity index (χ3n) is 3.79. The number of benzene rings is 1.